The standard InChI is InChI=1S/C20H24N2O3S/c1-2-13-8-10-14(11-9-13)18-16(12-17(23)24)26-20(21-18)22-19(25)15-6-4-3-5-7-15/h8-11,15H,2-7,12H2,1H3,(H,23,24)(H,21,22,25). The molecule has 0 atom stereocenters. The predicted octanol–water partition coefficient (Wildman–Crippen LogP) is 4.52. The molecule has 1 fully saturated rings. The van der Waals surface area contributed by atoms with Crippen LogP contribution in [-0.2, 0) is 22.4 Å². The highest BCUT2D eigenvalue weighted by atomic mass is 32.1. The molecule has 1 aromatic heterocycles. The summed E-state index contributed by atoms with van der Waals surface area (Å²) in [4.78, 5) is 28.9. The van der Waals surface area contributed by atoms with Crippen LogP contribution in [0.2, 0.25) is 0 Å². The molecule has 0 unspecified atom stereocenters. The van der Waals surface area contributed by atoms with E-state index < -0.39 is 5.97 Å². The molecule has 1 aliphatic rings. The lowest BCUT2D eigenvalue weighted by Gasteiger charge is -2.19. The molecular weight excluding hydrogens is 348 g/mol. The first-order chi connectivity index (χ1) is 12.6. The Balaban J connectivity index is 1.83. The van der Waals surface area contributed by atoms with Crippen LogP contribution in [0, 0.1) is 5.92 Å². The topological polar surface area (TPSA) is 79.3 Å². The maximum Gasteiger partial charge on any atom is 0.308 e. The Bertz CT molecular complexity index is 777. The number of benzene rings is 1. The van der Waals surface area contributed by atoms with Gasteiger partial charge >= 0.3 is 5.97 Å². The van der Waals surface area contributed by atoms with Crippen molar-refractivity contribution in [2.45, 2.75) is 51.9 Å². The molecule has 138 valence electrons. The van der Waals surface area contributed by atoms with Gasteiger partial charge in [0, 0.05) is 16.4 Å². The lowest BCUT2D eigenvalue weighted by Crippen LogP contribution is -2.24. The average Bonchev–Trinajstić information content (AvgIpc) is 3.04. The van der Waals surface area contributed by atoms with Crippen LogP contribution in [0.3, 0.4) is 0 Å². The Labute approximate surface area is 157 Å². The fraction of sp³-hybridized carbons (Fsp3) is 0.450. The van der Waals surface area contributed by atoms with E-state index in [9.17, 15) is 14.7 Å². The molecule has 0 saturated heterocycles. The van der Waals surface area contributed by atoms with Crippen molar-refractivity contribution in [1.29, 1.82) is 0 Å². The molecule has 26 heavy (non-hydrogen) atoms. The van der Waals surface area contributed by atoms with E-state index in [0.29, 0.717) is 15.7 Å². The number of amides is 1. The van der Waals surface area contributed by atoms with Crippen molar-refractivity contribution < 1.29 is 14.7 Å². The lowest BCUT2D eigenvalue weighted by molar-refractivity contribution is -0.136. The van der Waals surface area contributed by atoms with Crippen LogP contribution in [0.5, 0.6) is 0 Å². The number of hydrogen-bond donors (Lipinski definition) is 2. The third kappa shape index (κ3) is 4.49. The van der Waals surface area contributed by atoms with Crippen LogP contribution >= 0.6 is 11.3 Å². The number of aromatic nitrogens is 1. The quantitative estimate of drug-likeness (QED) is 0.781. The molecule has 5 nitrogen and oxygen atoms in total. The molecule has 0 bridgehead atoms. The first kappa shape index (κ1) is 18.6. The average molecular weight is 372 g/mol. The molecule has 1 saturated carbocycles. The summed E-state index contributed by atoms with van der Waals surface area (Å²) >= 11 is 1.26. The Kier molecular flexibility index (Phi) is 6.04. The van der Waals surface area contributed by atoms with Gasteiger partial charge in [-0.1, -0.05) is 50.5 Å². The van der Waals surface area contributed by atoms with Crippen LogP contribution in [0.1, 0.15) is 49.5 Å². The zero-order valence-electron chi connectivity index (χ0n) is 15.0. The number of aryl methyl sites for hydroxylation is 1. The van der Waals surface area contributed by atoms with Gasteiger partial charge in [-0.25, -0.2) is 4.98 Å². The molecule has 0 spiro atoms. The fourth-order valence-electron chi connectivity index (χ4n) is 3.36. The number of aliphatic carboxylic acids is 1. The summed E-state index contributed by atoms with van der Waals surface area (Å²) in [6.45, 7) is 2.09. The van der Waals surface area contributed by atoms with Crippen LogP contribution < -0.4 is 5.32 Å². The van der Waals surface area contributed by atoms with Crippen LogP contribution in [0.4, 0.5) is 5.13 Å². The van der Waals surface area contributed by atoms with Gasteiger partial charge in [0.2, 0.25) is 5.91 Å². The first-order valence-corrected chi connectivity index (χ1v) is 10.00. The van der Waals surface area contributed by atoms with Crippen molar-refractivity contribution in [3.63, 3.8) is 0 Å². The number of thiazole rings is 1. The van der Waals surface area contributed by atoms with E-state index in [1.54, 1.807) is 0 Å². The van der Waals surface area contributed by atoms with Crippen molar-refractivity contribution in [1.82, 2.24) is 4.98 Å². The maximum absolute atomic E-state index is 12.5. The monoisotopic (exact) mass is 372 g/mol. The minimum absolute atomic E-state index is 0.00760. The largest absolute Gasteiger partial charge is 0.481 e. The summed E-state index contributed by atoms with van der Waals surface area (Å²) in [5, 5.41) is 12.6. The molecule has 2 N–H and O–H groups in total. The number of carboxylic acid groups (broad SMARTS) is 1. The summed E-state index contributed by atoms with van der Waals surface area (Å²) in [5.41, 5.74) is 2.75. The molecule has 0 aliphatic heterocycles. The molecule has 1 amide bonds. The highest BCUT2D eigenvalue weighted by molar-refractivity contribution is 7.16. The highest BCUT2D eigenvalue weighted by Crippen LogP contribution is 2.33. The zero-order chi connectivity index (χ0) is 18.5. The Morgan fingerprint density at radius 1 is 1.19 bits per heavy atom. The van der Waals surface area contributed by atoms with Crippen LogP contribution in [0.15, 0.2) is 24.3 Å². The molecule has 1 heterocycles. The van der Waals surface area contributed by atoms with Gasteiger partial charge in [0.1, 0.15) is 0 Å². The lowest BCUT2D eigenvalue weighted by atomic mass is 9.89. The van der Waals surface area contributed by atoms with Gasteiger partial charge in [-0.15, -0.1) is 11.3 Å². The molecule has 0 radical (unpaired) electrons. The van der Waals surface area contributed by atoms with E-state index >= 15 is 0 Å². The van der Waals surface area contributed by atoms with Crippen molar-refractivity contribution >= 4 is 28.3 Å². The number of nitrogens with one attached hydrogen (secondary N) is 1. The summed E-state index contributed by atoms with van der Waals surface area (Å²) < 4.78 is 0. The van der Waals surface area contributed by atoms with E-state index in [-0.39, 0.29) is 18.2 Å². The highest BCUT2D eigenvalue weighted by Gasteiger charge is 2.23. The van der Waals surface area contributed by atoms with Crippen LogP contribution in [0.25, 0.3) is 11.3 Å². The number of carbonyl (C=O) groups excluding carboxylic acids is 1. The minimum atomic E-state index is -0.898. The normalized spacial score (nSPS) is 15.0. The second-order valence-corrected chi connectivity index (χ2v) is 7.82. The van der Waals surface area contributed by atoms with Crippen molar-refractivity contribution in [3.05, 3.63) is 34.7 Å². The second kappa shape index (κ2) is 8.45. The fourth-order valence-corrected chi connectivity index (χ4v) is 4.34. The number of rotatable bonds is 6. The molecule has 1 aromatic carbocycles. The molecular formula is C20H24N2O3S. The van der Waals surface area contributed by atoms with E-state index in [2.05, 4.69) is 17.2 Å². The Hall–Kier alpha value is -2.21. The Morgan fingerprint density at radius 2 is 1.88 bits per heavy atom. The van der Waals surface area contributed by atoms with Gasteiger partial charge in [0.15, 0.2) is 5.13 Å². The van der Waals surface area contributed by atoms with E-state index in [0.717, 1.165) is 37.7 Å². The number of carboxylic acids is 1. The number of hydrogen-bond acceptors (Lipinski definition) is 4. The minimum Gasteiger partial charge on any atom is -0.481 e. The predicted molar refractivity (Wildman–Crippen MR) is 103 cm³/mol. The van der Waals surface area contributed by atoms with Crippen molar-refractivity contribution in [2.75, 3.05) is 5.32 Å². The maximum atomic E-state index is 12.5. The SMILES string of the molecule is CCc1ccc(-c2nc(NC(=O)C3CCCCC3)sc2CC(=O)O)cc1. The van der Waals surface area contributed by atoms with Gasteiger partial charge in [-0.2, -0.15) is 0 Å². The summed E-state index contributed by atoms with van der Waals surface area (Å²) in [5.74, 6) is -0.846. The summed E-state index contributed by atoms with van der Waals surface area (Å²) in [7, 11) is 0. The van der Waals surface area contributed by atoms with Gasteiger partial charge < -0.3 is 10.4 Å². The van der Waals surface area contributed by atoms with E-state index in [4.69, 9.17) is 0 Å². The van der Waals surface area contributed by atoms with Crippen molar-refractivity contribution in [2.24, 2.45) is 5.92 Å². The zero-order valence-corrected chi connectivity index (χ0v) is 15.8. The van der Waals surface area contributed by atoms with Gasteiger partial charge in [0.25, 0.3) is 0 Å². The Morgan fingerprint density at radius 3 is 2.50 bits per heavy atom. The molecule has 6 heteroatoms. The van der Waals surface area contributed by atoms with Gasteiger partial charge in [0.05, 0.1) is 12.1 Å². The number of anilines is 1. The summed E-state index contributed by atoms with van der Waals surface area (Å²) in [6, 6.07) is 7.98. The van der Waals surface area contributed by atoms with E-state index in [1.807, 2.05) is 24.3 Å². The first-order valence-electron chi connectivity index (χ1n) is 9.18. The number of carbonyl (C=O) groups is 2. The molecule has 3 rings (SSSR count). The van der Waals surface area contributed by atoms with Gasteiger partial charge in [-0.05, 0) is 24.8 Å². The van der Waals surface area contributed by atoms with Crippen LogP contribution in [-0.4, -0.2) is 22.0 Å². The molecule has 2 aromatic rings. The molecule has 1 aliphatic carbocycles. The van der Waals surface area contributed by atoms with Crippen molar-refractivity contribution in [3.8, 4) is 11.3 Å². The summed E-state index contributed by atoms with van der Waals surface area (Å²) in [6.07, 6.45) is 6.07. The van der Waals surface area contributed by atoms with Gasteiger partial charge in [-0.3, -0.25) is 9.59 Å². The van der Waals surface area contributed by atoms with E-state index in [1.165, 1.54) is 23.3 Å². The second-order valence-electron chi connectivity index (χ2n) is 6.74. The third-order valence-electron chi connectivity index (χ3n) is 4.85. The third-order valence-corrected chi connectivity index (χ3v) is 5.82. The smallest absolute Gasteiger partial charge is 0.308 e. The number of nitrogens with zero attached hydrogens (tertiary/aromatic N) is 1.